The van der Waals surface area contributed by atoms with E-state index in [2.05, 4.69) is 39.5 Å². The fourth-order valence-corrected chi connectivity index (χ4v) is 10.5. The Morgan fingerprint density at radius 2 is 1.57 bits per heavy atom. The van der Waals surface area contributed by atoms with Crippen molar-refractivity contribution >= 4 is 0 Å². The third-order valence-electron chi connectivity index (χ3n) is 11.9. The molecule has 0 aromatic rings. The Morgan fingerprint density at radius 1 is 0.933 bits per heavy atom. The molecule has 0 saturated heterocycles. The first-order valence-electron chi connectivity index (χ1n) is 12.9. The molecule has 3 nitrogen and oxygen atoms in total. The van der Waals surface area contributed by atoms with Gasteiger partial charge in [-0.25, -0.2) is 0 Å². The number of allylic oxidation sites excluding steroid dienone is 1. The summed E-state index contributed by atoms with van der Waals surface area (Å²) >= 11 is 0. The van der Waals surface area contributed by atoms with Crippen molar-refractivity contribution in [3.05, 3.63) is 17.1 Å². The summed E-state index contributed by atoms with van der Waals surface area (Å²) in [7, 11) is 0. The third kappa shape index (κ3) is 2.60. The zero-order valence-corrected chi connectivity index (χ0v) is 19.7. The Balaban J connectivity index is 1.50. The quantitative estimate of drug-likeness (QED) is 0.402. The van der Waals surface area contributed by atoms with Gasteiger partial charge in [0.2, 0.25) is 0 Å². The smallest absolute Gasteiger partial charge is 0.106 e. The highest BCUT2D eigenvalue weighted by Gasteiger charge is 2.66. The molecule has 11 atom stereocenters. The molecule has 0 amide bonds. The van der Waals surface area contributed by atoms with Crippen molar-refractivity contribution in [1.82, 2.24) is 0 Å². The molecule has 5 aliphatic carbocycles. The van der Waals surface area contributed by atoms with E-state index in [4.69, 9.17) is 0 Å². The van der Waals surface area contributed by atoms with Crippen LogP contribution in [0.25, 0.3) is 0 Å². The number of hydrogen-bond donors (Lipinski definition) is 1. The van der Waals surface area contributed by atoms with Crippen LogP contribution in [0.3, 0.4) is 0 Å². The van der Waals surface area contributed by atoms with Crippen LogP contribution in [0.15, 0.2) is 17.3 Å². The molecule has 10 unspecified atom stereocenters. The van der Waals surface area contributed by atoms with Crippen LogP contribution in [0.2, 0.25) is 0 Å². The first-order chi connectivity index (χ1) is 14.2. The molecule has 0 radical (unpaired) electrons. The lowest BCUT2D eigenvalue weighted by Gasteiger charge is -2.67. The molecule has 0 aromatic carbocycles. The second kappa shape index (κ2) is 6.90. The van der Waals surface area contributed by atoms with E-state index in [0.717, 1.165) is 37.5 Å². The SMILES string of the molecule is C=C(C)[C@@H]1CCC2(N=O)CCC3C(CCC4C5(C)CCC(O)C(C)C5CCC34C)C12. The maximum Gasteiger partial charge on any atom is 0.106 e. The summed E-state index contributed by atoms with van der Waals surface area (Å²) in [5, 5.41) is 14.4. The van der Waals surface area contributed by atoms with Crippen molar-refractivity contribution in [2.75, 3.05) is 0 Å². The van der Waals surface area contributed by atoms with Gasteiger partial charge in [0.05, 0.1) is 6.10 Å². The lowest BCUT2D eigenvalue weighted by molar-refractivity contribution is -0.191. The number of nitroso groups, excluding NO2 is 1. The molecule has 5 saturated carbocycles. The highest BCUT2D eigenvalue weighted by atomic mass is 16.3. The molecule has 0 aromatic heterocycles. The third-order valence-corrected chi connectivity index (χ3v) is 11.9. The Morgan fingerprint density at radius 3 is 2.27 bits per heavy atom. The number of fused-ring (bicyclic) bond motifs is 7. The Bertz CT molecular complexity index is 734. The van der Waals surface area contributed by atoms with Crippen LogP contribution in [-0.2, 0) is 0 Å². The standard InChI is InChI=1S/C27H43NO2/c1-16(2)18-8-14-27(28-30)15-10-21-19(24(18)27)6-7-23-25(4)13-11-22(29)17(3)20(25)9-12-26(21,23)5/h17-24,29H,1,6-15H2,2-5H3/t17?,18-,19?,20?,21?,22?,23?,24?,25?,26?,27?/m0/s1. The highest BCUT2D eigenvalue weighted by molar-refractivity contribution is 5.20. The summed E-state index contributed by atoms with van der Waals surface area (Å²) < 4.78 is 0. The van der Waals surface area contributed by atoms with Gasteiger partial charge in [-0.1, -0.05) is 38.1 Å². The maximum atomic E-state index is 12.2. The average Bonchev–Trinajstić information content (AvgIpc) is 3.12. The minimum absolute atomic E-state index is 0.104. The van der Waals surface area contributed by atoms with Gasteiger partial charge in [-0.2, -0.15) is 4.91 Å². The molecule has 168 valence electrons. The molecule has 0 heterocycles. The lowest BCUT2D eigenvalue weighted by Crippen LogP contribution is -2.62. The molecular formula is C27H43NO2. The van der Waals surface area contributed by atoms with Gasteiger partial charge in [-0.15, -0.1) is 0 Å². The van der Waals surface area contributed by atoms with Crippen LogP contribution in [0, 0.1) is 57.2 Å². The molecule has 0 aliphatic heterocycles. The minimum Gasteiger partial charge on any atom is -0.393 e. The van der Waals surface area contributed by atoms with Gasteiger partial charge in [0.15, 0.2) is 0 Å². The van der Waals surface area contributed by atoms with Crippen LogP contribution in [-0.4, -0.2) is 16.7 Å². The largest absolute Gasteiger partial charge is 0.393 e. The van der Waals surface area contributed by atoms with Crippen molar-refractivity contribution in [1.29, 1.82) is 0 Å². The fourth-order valence-electron chi connectivity index (χ4n) is 10.5. The summed E-state index contributed by atoms with van der Waals surface area (Å²) in [6.07, 6.45) is 11.5. The predicted octanol–water partition coefficient (Wildman–Crippen LogP) is 6.74. The first-order valence-corrected chi connectivity index (χ1v) is 12.9. The van der Waals surface area contributed by atoms with Crippen molar-refractivity contribution < 1.29 is 5.11 Å². The second-order valence-electron chi connectivity index (χ2n) is 12.8. The molecule has 3 heteroatoms. The maximum absolute atomic E-state index is 12.2. The number of nitrogens with zero attached hydrogens (tertiary/aromatic N) is 1. The van der Waals surface area contributed by atoms with Crippen molar-refractivity contribution in [2.24, 2.45) is 57.4 Å². The average molecular weight is 414 g/mol. The van der Waals surface area contributed by atoms with Crippen LogP contribution in [0.1, 0.15) is 91.9 Å². The Hall–Kier alpha value is -0.700. The highest BCUT2D eigenvalue weighted by Crippen LogP contribution is 2.71. The fraction of sp³-hybridized carbons (Fsp3) is 0.926. The van der Waals surface area contributed by atoms with Gasteiger partial charge >= 0.3 is 0 Å². The topological polar surface area (TPSA) is 49.7 Å². The zero-order valence-electron chi connectivity index (χ0n) is 19.7. The number of rotatable bonds is 2. The van der Waals surface area contributed by atoms with E-state index >= 15 is 0 Å². The lowest BCUT2D eigenvalue weighted by atomic mass is 9.38. The van der Waals surface area contributed by atoms with E-state index < -0.39 is 0 Å². The van der Waals surface area contributed by atoms with E-state index in [-0.39, 0.29) is 11.6 Å². The van der Waals surface area contributed by atoms with E-state index in [9.17, 15) is 10.0 Å². The van der Waals surface area contributed by atoms with E-state index in [1.54, 1.807) is 0 Å². The summed E-state index contributed by atoms with van der Waals surface area (Å²) in [5.74, 6) is 4.18. The molecule has 5 fully saturated rings. The van der Waals surface area contributed by atoms with Gasteiger partial charge in [-0.3, -0.25) is 0 Å². The van der Waals surface area contributed by atoms with Gasteiger partial charge in [0.1, 0.15) is 5.54 Å². The molecule has 30 heavy (non-hydrogen) atoms. The zero-order chi connectivity index (χ0) is 21.5. The first kappa shape index (κ1) is 21.2. The van der Waals surface area contributed by atoms with E-state index in [1.165, 1.54) is 44.1 Å². The van der Waals surface area contributed by atoms with Crippen LogP contribution >= 0.6 is 0 Å². The predicted molar refractivity (Wildman–Crippen MR) is 122 cm³/mol. The molecule has 5 rings (SSSR count). The van der Waals surface area contributed by atoms with Gasteiger partial charge in [0.25, 0.3) is 0 Å². The molecular weight excluding hydrogens is 370 g/mol. The molecule has 0 bridgehead atoms. The molecule has 5 aliphatic rings. The van der Waals surface area contributed by atoms with E-state index in [0.29, 0.717) is 40.4 Å². The molecule has 0 spiro atoms. The molecule has 1 N–H and O–H groups in total. The second-order valence-corrected chi connectivity index (χ2v) is 12.8. The number of hydrogen-bond acceptors (Lipinski definition) is 3. The van der Waals surface area contributed by atoms with E-state index in [1.807, 2.05) is 0 Å². The minimum atomic E-state index is -0.307. The van der Waals surface area contributed by atoms with Crippen molar-refractivity contribution in [2.45, 2.75) is 104 Å². The summed E-state index contributed by atoms with van der Waals surface area (Å²) in [6, 6.07) is 0. The van der Waals surface area contributed by atoms with Crippen LogP contribution in [0.5, 0.6) is 0 Å². The van der Waals surface area contributed by atoms with Gasteiger partial charge in [0, 0.05) is 0 Å². The van der Waals surface area contributed by atoms with Crippen molar-refractivity contribution in [3.8, 4) is 0 Å². The summed E-state index contributed by atoms with van der Waals surface area (Å²) in [4.78, 5) is 12.2. The normalized spacial score (nSPS) is 57.5. The van der Waals surface area contributed by atoms with Crippen LogP contribution < -0.4 is 0 Å². The van der Waals surface area contributed by atoms with Gasteiger partial charge in [-0.05, 0) is 123 Å². The number of aliphatic hydroxyl groups excluding tert-OH is 1. The number of aliphatic hydroxyl groups is 1. The summed E-state index contributed by atoms with van der Waals surface area (Å²) in [6.45, 7) is 14.0. The monoisotopic (exact) mass is 413 g/mol. The summed E-state index contributed by atoms with van der Waals surface area (Å²) in [5.41, 5.74) is 1.73. The van der Waals surface area contributed by atoms with Gasteiger partial charge < -0.3 is 5.11 Å². The van der Waals surface area contributed by atoms with Crippen LogP contribution in [0.4, 0.5) is 0 Å². The Kier molecular flexibility index (Phi) is 4.87. The van der Waals surface area contributed by atoms with Crippen molar-refractivity contribution in [3.63, 3.8) is 0 Å². The Labute approximate surface area is 183 Å².